The number of halogens is 2. The highest BCUT2D eigenvalue weighted by Crippen LogP contribution is 2.43. The highest BCUT2D eigenvalue weighted by Gasteiger charge is 2.45. The Labute approximate surface area is 191 Å². The lowest BCUT2D eigenvalue weighted by molar-refractivity contribution is -0.124. The van der Waals surface area contributed by atoms with Gasteiger partial charge >= 0.3 is 0 Å². The fourth-order valence-electron chi connectivity index (χ4n) is 4.13. The van der Waals surface area contributed by atoms with Gasteiger partial charge in [-0.15, -0.1) is 0 Å². The van der Waals surface area contributed by atoms with Crippen LogP contribution in [0.5, 0.6) is 0 Å². The van der Waals surface area contributed by atoms with Gasteiger partial charge in [0.25, 0.3) is 0 Å². The summed E-state index contributed by atoms with van der Waals surface area (Å²) in [6.45, 7) is 4.11. The summed E-state index contributed by atoms with van der Waals surface area (Å²) >= 11 is 5.75. The average Bonchev–Trinajstić information content (AvgIpc) is 3.34. The number of hydrogen-bond donors (Lipinski definition) is 1. The number of benzene rings is 2. The Morgan fingerprint density at radius 3 is 2.50 bits per heavy atom. The van der Waals surface area contributed by atoms with E-state index >= 15 is 0 Å². The van der Waals surface area contributed by atoms with Crippen molar-refractivity contribution in [1.29, 1.82) is 0 Å². The van der Waals surface area contributed by atoms with E-state index in [1.165, 1.54) is 27.4 Å². The molecule has 0 radical (unpaired) electrons. The fraction of sp³-hybridized carbons (Fsp3) is 0.364. The van der Waals surface area contributed by atoms with E-state index < -0.39 is 27.2 Å². The van der Waals surface area contributed by atoms with Crippen LogP contribution in [0.15, 0.2) is 41.3 Å². The number of nitrogens with zero attached hydrogens (tertiary/aromatic N) is 2. The minimum Gasteiger partial charge on any atom is -0.324 e. The van der Waals surface area contributed by atoms with Crippen molar-refractivity contribution >= 4 is 44.8 Å². The topological polar surface area (TPSA) is 86.8 Å². The summed E-state index contributed by atoms with van der Waals surface area (Å²) in [5.74, 6) is -1.40. The minimum atomic E-state index is -3.64. The highest BCUT2D eigenvalue weighted by atomic mass is 35.5. The van der Waals surface area contributed by atoms with Crippen LogP contribution in [0.25, 0.3) is 0 Å². The van der Waals surface area contributed by atoms with E-state index in [2.05, 4.69) is 5.32 Å². The molecule has 2 aromatic rings. The predicted octanol–water partition coefficient (Wildman–Crippen LogP) is 3.53. The molecule has 0 atom stereocenters. The third-order valence-corrected chi connectivity index (χ3v) is 8.10. The van der Waals surface area contributed by atoms with Gasteiger partial charge in [-0.05, 0) is 68.7 Å². The van der Waals surface area contributed by atoms with Gasteiger partial charge in [0.05, 0.1) is 15.3 Å². The number of sulfonamides is 1. The Morgan fingerprint density at radius 1 is 1.16 bits per heavy atom. The zero-order chi connectivity index (χ0) is 23.3. The lowest BCUT2D eigenvalue weighted by Crippen LogP contribution is -2.40. The van der Waals surface area contributed by atoms with E-state index in [1.807, 2.05) is 0 Å². The Balaban J connectivity index is 1.60. The maximum Gasteiger partial charge on any atom is 0.244 e. The first-order valence-corrected chi connectivity index (χ1v) is 12.0. The molecule has 0 spiro atoms. The lowest BCUT2D eigenvalue weighted by atomic mass is 9.86. The summed E-state index contributed by atoms with van der Waals surface area (Å²) in [4.78, 5) is 27.2. The molecule has 0 aliphatic carbocycles. The van der Waals surface area contributed by atoms with Crippen molar-refractivity contribution in [2.75, 3.05) is 29.9 Å². The van der Waals surface area contributed by atoms with Gasteiger partial charge < -0.3 is 10.2 Å². The van der Waals surface area contributed by atoms with E-state index in [1.54, 1.807) is 26.0 Å². The van der Waals surface area contributed by atoms with Crippen LogP contribution < -0.4 is 10.2 Å². The van der Waals surface area contributed by atoms with Gasteiger partial charge in [0.15, 0.2) is 0 Å². The zero-order valence-corrected chi connectivity index (χ0v) is 19.3. The molecule has 2 heterocycles. The number of nitrogens with one attached hydrogen (secondary N) is 1. The molecule has 0 unspecified atom stereocenters. The van der Waals surface area contributed by atoms with Crippen molar-refractivity contribution in [1.82, 2.24) is 4.31 Å². The van der Waals surface area contributed by atoms with Crippen molar-refractivity contribution in [3.8, 4) is 0 Å². The summed E-state index contributed by atoms with van der Waals surface area (Å²) in [6, 6.07) is 8.39. The maximum absolute atomic E-state index is 13.3. The average molecular weight is 480 g/mol. The monoisotopic (exact) mass is 479 g/mol. The highest BCUT2D eigenvalue weighted by molar-refractivity contribution is 7.89. The zero-order valence-electron chi connectivity index (χ0n) is 17.7. The van der Waals surface area contributed by atoms with Gasteiger partial charge in [0.2, 0.25) is 21.8 Å². The first-order valence-electron chi connectivity index (χ1n) is 10.2. The van der Waals surface area contributed by atoms with Gasteiger partial charge in [-0.2, -0.15) is 4.31 Å². The molecule has 4 rings (SSSR count). The summed E-state index contributed by atoms with van der Waals surface area (Å²) < 4.78 is 40.7. The van der Waals surface area contributed by atoms with Crippen LogP contribution in [0.4, 0.5) is 15.8 Å². The number of fused-ring (bicyclic) bond motifs is 1. The van der Waals surface area contributed by atoms with E-state index in [9.17, 15) is 22.4 Å². The van der Waals surface area contributed by atoms with E-state index in [4.69, 9.17) is 11.6 Å². The van der Waals surface area contributed by atoms with Crippen LogP contribution in [0.1, 0.15) is 32.3 Å². The number of rotatable bonds is 5. The van der Waals surface area contributed by atoms with Crippen LogP contribution in [0.3, 0.4) is 0 Å². The second-order valence-electron chi connectivity index (χ2n) is 8.48. The van der Waals surface area contributed by atoms with Gasteiger partial charge in [-0.3, -0.25) is 9.59 Å². The summed E-state index contributed by atoms with van der Waals surface area (Å²) in [5, 5.41) is 2.48. The second-order valence-corrected chi connectivity index (χ2v) is 10.8. The molecule has 1 N–H and O–H groups in total. The van der Waals surface area contributed by atoms with E-state index in [-0.39, 0.29) is 22.4 Å². The van der Waals surface area contributed by atoms with Crippen molar-refractivity contribution in [3.63, 3.8) is 0 Å². The molecule has 0 aromatic heterocycles. The number of carbonyl (C=O) groups excluding carboxylic acids is 2. The molecule has 10 heteroatoms. The van der Waals surface area contributed by atoms with Crippen molar-refractivity contribution in [3.05, 3.63) is 52.8 Å². The normalized spacial score (nSPS) is 18.1. The number of amides is 2. The SMILES string of the molecule is CC1(C)C(=O)N(CC(=O)Nc2ccc(F)c(Cl)c2)c2ccc(S(=O)(=O)N3CCCC3)cc21. The lowest BCUT2D eigenvalue weighted by Gasteiger charge is -2.20. The molecule has 0 saturated carbocycles. The molecule has 2 amide bonds. The Hall–Kier alpha value is -2.49. The fourth-order valence-corrected chi connectivity index (χ4v) is 5.85. The number of hydrogen-bond acceptors (Lipinski definition) is 4. The molecule has 2 aliphatic rings. The molecule has 2 aromatic carbocycles. The minimum absolute atomic E-state index is 0.127. The van der Waals surface area contributed by atoms with Crippen LogP contribution in [0.2, 0.25) is 5.02 Å². The summed E-state index contributed by atoms with van der Waals surface area (Å²) in [6.07, 6.45) is 1.66. The first-order chi connectivity index (χ1) is 15.0. The molecule has 1 fully saturated rings. The largest absolute Gasteiger partial charge is 0.324 e. The van der Waals surface area contributed by atoms with Crippen molar-refractivity contribution in [2.45, 2.75) is 37.0 Å². The summed E-state index contributed by atoms with van der Waals surface area (Å²) in [7, 11) is -3.64. The van der Waals surface area contributed by atoms with Crippen LogP contribution in [-0.2, 0) is 25.0 Å². The molecule has 2 aliphatic heterocycles. The molecular weight excluding hydrogens is 457 g/mol. The molecule has 1 saturated heterocycles. The molecule has 170 valence electrons. The van der Waals surface area contributed by atoms with Crippen molar-refractivity contribution in [2.24, 2.45) is 0 Å². The molecular formula is C22H23ClFN3O4S. The molecule has 32 heavy (non-hydrogen) atoms. The first kappa shape index (κ1) is 22.7. The third kappa shape index (κ3) is 3.89. The van der Waals surface area contributed by atoms with Gasteiger partial charge in [0, 0.05) is 24.5 Å². The Bertz CT molecular complexity index is 1210. The number of anilines is 2. The van der Waals surface area contributed by atoms with Crippen LogP contribution in [-0.4, -0.2) is 44.2 Å². The number of carbonyl (C=O) groups is 2. The molecule has 0 bridgehead atoms. The predicted molar refractivity (Wildman–Crippen MR) is 120 cm³/mol. The Kier molecular flexibility index (Phi) is 5.77. The van der Waals surface area contributed by atoms with Gasteiger partial charge in [-0.25, -0.2) is 12.8 Å². The van der Waals surface area contributed by atoms with Gasteiger partial charge in [-0.1, -0.05) is 11.6 Å². The van der Waals surface area contributed by atoms with E-state index in [0.717, 1.165) is 18.9 Å². The third-order valence-electron chi connectivity index (χ3n) is 5.92. The van der Waals surface area contributed by atoms with Crippen LogP contribution in [0, 0.1) is 5.82 Å². The van der Waals surface area contributed by atoms with Crippen LogP contribution >= 0.6 is 11.6 Å². The standard InChI is InChI=1S/C22H23ClFN3O4S/c1-22(2)16-12-15(32(30,31)26-9-3-4-10-26)6-8-19(16)27(21(22)29)13-20(28)25-14-5-7-18(24)17(23)11-14/h5-8,11-12H,3-4,9-10,13H2,1-2H3,(H,25,28). The van der Waals surface area contributed by atoms with Gasteiger partial charge in [0.1, 0.15) is 12.4 Å². The quantitative estimate of drug-likeness (QED) is 0.710. The summed E-state index contributed by atoms with van der Waals surface area (Å²) in [5.41, 5.74) is 0.360. The smallest absolute Gasteiger partial charge is 0.244 e. The van der Waals surface area contributed by atoms with Crippen molar-refractivity contribution < 1.29 is 22.4 Å². The molecule has 7 nitrogen and oxygen atoms in total. The second kappa shape index (κ2) is 8.13. The van der Waals surface area contributed by atoms with E-state index in [0.29, 0.717) is 30.0 Å². The Morgan fingerprint density at radius 2 is 1.84 bits per heavy atom. The maximum atomic E-state index is 13.3.